The number of aromatic nitrogens is 1. The Labute approximate surface area is 128 Å². The highest BCUT2D eigenvalue weighted by Gasteiger charge is 2.14. The van der Waals surface area contributed by atoms with Gasteiger partial charge in [-0.3, -0.25) is 4.79 Å². The van der Waals surface area contributed by atoms with E-state index in [-0.39, 0.29) is 16.1 Å². The van der Waals surface area contributed by atoms with E-state index in [0.29, 0.717) is 12.1 Å². The van der Waals surface area contributed by atoms with Crippen LogP contribution in [0.3, 0.4) is 0 Å². The van der Waals surface area contributed by atoms with Gasteiger partial charge in [-0.1, -0.05) is 47.5 Å². The highest BCUT2D eigenvalue weighted by molar-refractivity contribution is 6.41. The van der Waals surface area contributed by atoms with Crippen molar-refractivity contribution in [3.05, 3.63) is 63.4 Å². The first-order valence-corrected chi connectivity index (χ1v) is 6.85. The maximum Gasteiger partial charge on any atom is 0.255 e. The van der Waals surface area contributed by atoms with Crippen LogP contribution in [-0.2, 0) is 6.54 Å². The number of rotatable bonds is 3. The number of amides is 1. The van der Waals surface area contributed by atoms with Gasteiger partial charge in [-0.05, 0) is 24.1 Å². The third-order valence-corrected chi connectivity index (χ3v) is 3.74. The smallest absolute Gasteiger partial charge is 0.255 e. The number of carbonyl (C=O) groups is 1. The summed E-state index contributed by atoms with van der Waals surface area (Å²) in [5.41, 5.74) is 2.69. The number of halogens is 2. The molecule has 1 amide bonds. The van der Waals surface area contributed by atoms with E-state index in [1.54, 1.807) is 11.9 Å². The Kier molecular flexibility index (Phi) is 4.63. The van der Waals surface area contributed by atoms with Crippen LogP contribution in [0.5, 0.6) is 0 Å². The second kappa shape index (κ2) is 6.25. The molecule has 104 valence electrons. The lowest BCUT2D eigenvalue weighted by Crippen LogP contribution is -2.26. The second-order valence-corrected chi connectivity index (χ2v) is 5.35. The molecule has 0 unspecified atom stereocenters. The van der Waals surface area contributed by atoms with Gasteiger partial charge in [0.1, 0.15) is 5.15 Å². The molecule has 0 saturated carbocycles. The molecule has 0 aliphatic heterocycles. The van der Waals surface area contributed by atoms with Crippen molar-refractivity contribution in [2.45, 2.75) is 13.5 Å². The molecule has 0 fully saturated rings. The highest BCUT2D eigenvalue weighted by Crippen LogP contribution is 2.21. The van der Waals surface area contributed by atoms with Gasteiger partial charge in [0.2, 0.25) is 0 Å². The summed E-state index contributed by atoms with van der Waals surface area (Å²) >= 11 is 11.6. The largest absolute Gasteiger partial charge is 0.337 e. The lowest BCUT2D eigenvalue weighted by molar-refractivity contribution is 0.0784. The van der Waals surface area contributed by atoms with E-state index < -0.39 is 0 Å². The van der Waals surface area contributed by atoms with Gasteiger partial charge in [0.25, 0.3) is 5.91 Å². The molecule has 2 rings (SSSR count). The molecule has 0 aliphatic rings. The minimum absolute atomic E-state index is 0.140. The van der Waals surface area contributed by atoms with Crippen molar-refractivity contribution in [3.63, 3.8) is 0 Å². The number of pyridine rings is 1. The zero-order chi connectivity index (χ0) is 14.7. The molecule has 0 saturated heterocycles. The van der Waals surface area contributed by atoms with Gasteiger partial charge in [0.15, 0.2) is 0 Å². The molecule has 0 aliphatic carbocycles. The molecule has 20 heavy (non-hydrogen) atoms. The van der Waals surface area contributed by atoms with Gasteiger partial charge in [-0.2, -0.15) is 0 Å². The van der Waals surface area contributed by atoms with Gasteiger partial charge in [0.05, 0.1) is 10.6 Å². The topological polar surface area (TPSA) is 33.2 Å². The van der Waals surface area contributed by atoms with E-state index >= 15 is 0 Å². The van der Waals surface area contributed by atoms with Crippen LogP contribution in [0.4, 0.5) is 0 Å². The first-order valence-electron chi connectivity index (χ1n) is 6.10. The average molecular weight is 309 g/mol. The number of nitrogens with zero attached hydrogens (tertiary/aromatic N) is 2. The zero-order valence-electron chi connectivity index (χ0n) is 11.2. The molecule has 1 aromatic heterocycles. The van der Waals surface area contributed by atoms with E-state index in [4.69, 9.17) is 23.2 Å². The quantitative estimate of drug-likeness (QED) is 0.804. The lowest BCUT2D eigenvalue weighted by Gasteiger charge is -2.18. The van der Waals surface area contributed by atoms with E-state index in [1.165, 1.54) is 12.3 Å². The Bertz CT molecular complexity index is 644. The third kappa shape index (κ3) is 3.30. The van der Waals surface area contributed by atoms with Crippen molar-refractivity contribution in [2.75, 3.05) is 7.05 Å². The maximum absolute atomic E-state index is 12.3. The summed E-state index contributed by atoms with van der Waals surface area (Å²) < 4.78 is 0. The molecular weight excluding hydrogens is 295 g/mol. The van der Waals surface area contributed by atoms with E-state index in [2.05, 4.69) is 4.98 Å². The minimum Gasteiger partial charge on any atom is -0.337 e. The molecule has 5 heteroatoms. The van der Waals surface area contributed by atoms with Crippen LogP contribution in [0, 0.1) is 6.92 Å². The number of aryl methyl sites for hydroxylation is 1. The van der Waals surface area contributed by atoms with Crippen LogP contribution >= 0.6 is 23.2 Å². The minimum atomic E-state index is -0.140. The predicted molar refractivity (Wildman–Crippen MR) is 81.2 cm³/mol. The van der Waals surface area contributed by atoms with Crippen LogP contribution < -0.4 is 0 Å². The van der Waals surface area contributed by atoms with E-state index in [0.717, 1.165) is 11.1 Å². The molecule has 1 aromatic carbocycles. The Morgan fingerprint density at radius 3 is 2.65 bits per heavy atom. The van der Waals surface area contributed by atoms with Crippen molar-refractivity contribution in [1.29, 1.82) is 0 Å². The SMILES string of the molecule is Cc1ccccc1CN(C)C(=O)c1cnc(Cl)c(Cl)c1. The van der Waals surface area contributed by atoms with Crippen LogP contribution in [0.1, 0.15) is 21.5 Å². The summed E-state index contributed by atoms with van der Waals surface area (Å²) in [4.78, 5) is 17.8. The van der Waals surface area contributed by atoms with Crippen LogP contribution in [0.15, 0.2) is 36.5 Å². The molecule has 0 radical (unpaired) electrons. The van der Waals surface area contributed by atoms with Gasteiger partial charge in [-0.25, -0.2) is 4.98 Å². The molecular formula is C15H14Cl2N2O. The fraction of sp³-hybridized carbons (Fsp3) is 0.200. The summed E-state index contributed by atoms with van der Waals surface area (Å²) in [6.07, 6.45) is 1.44. The Balaban J connectivity index is 2.16. The Morgan fingerprint density at radius 1 is 1.30 bits per heavy atom. The van der Waals surface area contributed by atoms with Gasteiger partial charge >= 0.3 is 0 Å². The molecule has 0 spiro atoms. The molecule has 0 N–H and O–H groups in total. The number of hydrogen-bond acceptors (Lipinski definition) is 2. The molecule has 0 atom stereocenters. The number of carbonyl (C=O) groups excluding carboxylic acids is 1. The second-order valence-electron chi connectivity index (χ2n) is 4.58. The van der Waals surface area contributed by atoms with Crippen molar-refractivity contribution >= 4 is 29.1 Å². The zero-order valence-corrected chi connectivity index (χ0v) is 12.7. The van der Waals surface area contributed by atoms with Crippen molar-refractivity contribution in [3.8, 4) is 0 Å². The van der Waals surface area contributed by atoms with Gasteiger partial charge in [-0.15, -0.1) is 0 Å². The number of hydrogen-bond donors (Lipinski definition) is 0. The van der Waals surface area contributed by atoms with E-state index in [1.807, 2.05) is 31.2 Å². The van der Waals surface area contributed by atoms with Crippen molar-refractivity contribution in [1.82, 2.24) is 9.88 Å². The molecule has 2 aromatic rings. The van der Waals surface area contributed by atoms with Crippen LogP contribution in [0.25, 0.3) is 0 Å². The summed E-state index contributed by atoms with van der Waals surface area (Å²) in [5.74, 6) is -0.140. The van der Waals surface area contributed by atoms with Crippen molar-refractivity contribution < 1.29 is 4.79 Å². The Morgan fingerprint density at radius 2 is 2.00 bits per heavy atom. The fourth-order valence-corrected chi connectivity index (χ4v) is 2.14. The molecule has 0 bridgehead atoms. The summed E-state index contributed by atoms with van der Waals surface area (Å²) in [6, 6.07) is 9.50. The summed E-state index contributed by atoms with van der Waals surface area (Å²) in [6.45, 7) is 2.56. The van der Waals surface area contributed by atoms with Crippen molar-refractivity contribution in [2.24, 2.45) is 0 Å². The summed E-state index contributed by atoms with van der Waals surface area (Å²) in [7, 11) is 1.75. The third-order valence-electron chi connectivity index (χ3n) is 3.06. The van der Waals surface area contributed by atoms with Crippen LogP contribution in [0.2, 0.25) is 10.2 Å². The predicted octanol–water partition coefficient (Wildman–Crippen LogP) is 3.97. The first kappa shape index (κ1) is 14.8. The first-order chi connectivity index (χ1) is 9.49. The van der Waals surface area contributed by atoms with Gasteiger partial charge < -0.3 is 4.90 Å². The van der Waals surface area contributed by atoms with E-state index in [9.17, 15) is 4.79 Å². The summed E-state index contributed by atoms with van der Waals surface area (Å²) in [5, 5.41) is 0.478. The fourth-order valence-electron chi connectivity index (χ4n) is 1.87. The Hall–Kier alpha value is -1.58. The lowest BCUT2D eigenvalue weighted by atomic mass is 10.1. The standard InChI is InChI=1S/C15H14Cl2N2O/c1-10-5-3-4-6-11(10)9-19(2)15(20)12-7-13(16)14(17)18-8-12/h3-8H,9H2,1-2H3. The highest BCUT2D eigenvalue weighted by atomic mass is 35.5. The molecule has 1 heterocycles. The maximum atomic E-state index is 12.3. The monoisotopic (exact) mass is 308 g/mol. The number of benzene rings is 1. The van der Waals surface area contributed by atoms with Crippen LogP contribution in [-0.4, -0.2) is 22.8 Å². The van der Waals surface area contributed by atoms with Gasteiger partial charge in [0, 0.05) is 19.8 Å². The normalized spacial score (nSPS) is 10.4. The molecule has 3 nitrogen and oxygen atoms in total. The average Bonchev–Trinajstić information content (AvgIpc) is 2.43.